The first-order valence-electron chi connectivity index (χ1n) is 8.11. The van der Waals surface area contributed by atoms with Gasteiger partial charge in [0, 0.05) is 12.1 Å². The predicted molar refractivity (Wildman–Crippen MR) is 98.7 cm³/mol. The monoisotopic (exact) mass is 345 g/mol. The van der Waals surface area contributed by atoms with Gasteiger partial charge in [0.15, 0.2) is 0 Å². The molecular formula is C18H23N3O2S. The van der Waals surface area contributed by atoms with Crippen molar-refractivity contribution in [1.29, 1.82) is 0 Å². The zero-order chi connectivity index (χ0) is 17.4. The summed E-state index contributed by atoms with van der Waals surface area (Å²) in [5.41, 5.74) is 7.69. The van der Waals surface area contributed by atoms with E-state index in [1.54, 1.807) is 23.6 Å². The van der Waals surface area contributed by atoms with Crippen LogP contribution in [0.15, 0.2) is 35.7 Å². The molecule has 0 unspecified atom stereocenters. The molecule has 0 aliphatic rings. The van der Waals surface area contributed by atoms with Crippen molar-refractivity contribution in [2.45, 2.75) is 26.2 Å². The Hall–Kier alpha value is -2.18. The van der Waals surface area contributed by atoms with Crippen molar-refractivity contribution in [3.8, 4) is 0 Å². The highest BCUT2D eigenvalue weighted by Crippen LogP contribution is 2.24. The maximum absolute atomic E-state index is 12.3. The van der Waals surface area contributed by atoms with Gasteiger partial charge in [-0.25, -0.2) is 0 Å². The van der Waals surface area contributed by atoms with Gasteiger partial charge in [-0.05, 0) is 54.9 Å². The molecule has 0 radical (unpaired) electrons. The molecule has 24 heavy (non-hydrogen) atoms. The van der Waals surface area contributed by atoms with Crippen molar-refractivity contribution in [3.05, 3.63) is 52.4 Å². The average Bonchev–Trinajstić information content (AvgIpc) is 3.06. The summed E-state index contributed by atoms with van der Waals surface area (Å²) in [5, 5.41) is 8.04. The van der Waals surface area contributed by atoms with Crippen LogP contribution in [0.1, 0.15) is 46.0 Å². The Balaban J connectivity index is 1.98. The molecule has 128 valence electrons. The molecule has 1 heterocycles. The average molecular weight is 345 g/mol. The number of carbonyl (C=O) groups is 2. The fourth-order valence-electron chi connectivity index (χ4n) is 2.22. The second kappa shape index (κ2) is 9.20. The third-order valence-corrected chi connectivity index (χ3v) is 4.51. The third-order valence-electron chi connectivity index (χ3n) is 3.68. The molecule has 1 aromatic heterocycles. The van der Waals surface area contributed by atoms with E-state index in [0.29, 0.717) is 29.2 Å². The van der Waals surface area contributed by atoms with E-state index in [4.69, 9.17) is 5.73 Å². The van der Waals surface area contributed by atoms with Crippen molar-refractivity contribution in [2.75, 3.05) is 18.4 Å². The maximum atomic E-state index is 12.3. The number of anilines is 1. The number of aryl methyl sites for hydroxylation is 1. The summed E-state index contributed by atoms with van der Waals surface area (Å²) in [5.74, 6) is -0.387. The van der Waals surface area contributed by atoms with Crippen LogP contribution in [0, 0.1) is 0 Å². The first kappa shape index (κ1) is 18.2. The van der Waals surface area contributed by atoms with Crippen molar-refractivity contribution >= 4 is 28.2 Å². The van der Waals surface area contributed by atoms with E-state index in [9.17, 15) is 9.59 Å². The zero-order valence-electron chi connectivity index (χ0n) is 13.8. The van der Waals surface area contributed by atoms with Crippen LogP contribution in [0.2, 0.25) is 0 Å². The summed E-state index contributed by atoms with van der Waals surface area (Å²) in [6, 6.07) is 9.20. The summed E-state index contributed by atoms with van der Waals surface area (Å²) in [4.78, 5) is 24.5. The van der Waals surface area contributed by atoms with Crippen molar-refractivity contribution in [2.24, 2.45) is 5.73 Å². The van der Waals surface area contributed by atoms with Crippen LogP contribution in [0.25, 0.3) is 0 Å². The van der Waals surface area contributed by atoms with Gasteiger partial charge in [0.25, 0.3) is 11.8 Å². The molecule has 5 nitrogen and oxygen atoms in total. The number of nitrogens with one attached hydrogen (secondary N) is 2. The number of amides is 2. The summed E-state index contributed by atoms with van der Waals surface area (Å²) in [6.45, 7) is 3.27. The lowest BCUT2D eigenvalue weighted by molar-refractivity contribution is 0.0954. The van der Waals surface area contributed by atoms with E-state index in [0.717, 1.165) is 19.3 Å². The van der Waals surface area contributed by atoms with Crippen LogP contribution in [0.3, 0.4) is 0 Å². The van der Waals surface area contributed by atoms with Crippen LogP contribution >= 0.6 is 11.3 Å². The summed E-state index contributed by atoms with van der Waals surface area (Å²) < 4.78 is 0. The smallest absolute Gasteiger partial charge is 0.256 e. The number of rotatable bonds is 8. The number of hydrogen-bond donors (Lipinski definition) is 3. The van der Waals surface area contributed by atoms with Gasteiger partial charge in [0.1, 0.15) is 5.00 Å². The topological polar surface area (TPSA) is 84.2 Å². The molecular weight excluding hydrogens is 322 g/mol. The lowest BCUT2D eigenvalue weighted by atomic mass is 10.1. The van der Waals surface area contributed by atoms with Gasteiger partial charge in [-0.3, -0.25) is 9.59 Å². The number of hydrogen-bond acceptors (Lipinski definition) is 4. The fourth-order valence-corrected chi connectivity index (χ4v) is 3.00. The van der Waals surface area contributed by atoms with Gasteiger partial charge in [0.05, 0.1) is 5.56 Å². The van der Waals surface area contributed by atoms with E-state index >= 15 is 0 Å². The first-order valence-corrected chi connectivity index (χ1v) is 8.99. The van der Waals surface area contributed by atoms with Crippen molar-refractivity contribution in [3.63, 3.8) is 0 Å². The van der Waals surface area contributed by atoms with E-state index in [2.05, 4.69) is 17.6 Å². The quantitative estimate of drug-likeness (QED) is 0.643. The van der Waals surface area contributed by atoms with Crippen LogP contribution in [0.4, 0.5) is 5.00 Å². The number of unbranched alkanes of at least 4 members (excludes halogenated alkanes) is 1. The molecule has 1 aromatic carbocycles. The van der Waals surface area contributed by atoms with E-state index in [1.165, 1.54) is 16.9 Å². The van der Waals surface area contributed by atoms with E-state index in [-0.39, 0.29) is 11.8 Å². The summed E-state index contributed by atoms with van der Waals surface area (Å²) in [7, 11) is 0. The van der Waals surface area contributed by atoms with Crippen molar-refractivity contribution < 1.29 is 9.59 Å². The molecule has 4 N–H and O–H groups in total. The second-order valence-electron chi connectivity index (χ2n) is 5.42. The Labute approximate surface area is 146 Å². The molecule has 0 bridgehead atoms. The Bertz CT molecular complexity index is 680. The van der Waals surface area contributed by atoms with Gasteiger partial charge in [-0.1, -0.05) is 19.1 Å². The van der Waals surface area contributed by atoms with Crippen LogP contribution in [-0.4, -0.2) is 24.9 Å². The molecule has 0 aliphatic heterocycles. The highest BCUT2D eigenvalue weighted by Gasteiger charge is 2.15. The van der Waals surface area contributed by atoms with Crippen LogP contribution in [0.5, 0.6) is 0 Å². The standard InChI is InChI=1S/C18H23N3O2S/c1-2-13-5-7-14(8-6-13)16(22)21-18-15(9-12-24-18)17(23)20-11-4-3-10-19/h5-9,12H,2-4,10-11,19H2,1H3,(H,20,23)(H,21,22). The molecule has 0 spiro atoms. The fraction of sp³-hybridized carbons (Fsp3) is 0.333. The molecule has 2 aromatic rings. The Morgan fingerprint density at radius 2 is 1.83 bits per heavy atom. The third kappa shape index (κ3) is 4.91. The molecule has 2 rings (SSSR count). The lowest BCUT2D eigenvalue weighted by Crippen LogP contribution is -2.25. The van der Waals surface area contributed by atoms with Gasteiger partial charge in [0.2, 0.25) is 0 Å². The Morgan fingerprint density at radius 1 is 1.08 bits per heavy atom. The molecule has 2 amide bonds. The molecule has 0 saturated heterocycles. The largest absolute Gasteiger partial charge is 0.352 e. The minimum atomic E-state index is -0.211. The van der Waals surface area contributed by atoms with Crippen LogP contribution < -0.4 is 16.4 Å². The van der Waals surface area contributed by atoms with E-state index < -0.39 is 0 Å². The Kier molecular flexibility index (Phi) is 6.96. The maximum Gasteiger partial charge on any atom is 0.256 e. The zero-order valence-corrected chi connectivity index (χ0v) is 14.6. The minimum absolute atomic E-state index is 0.176. The lowest BCUT2D eigenvalue weighted by Gasteiger charge is -2.08. The van der Waals surface area contributed by atoms with Gasteiger partial charge in [-0.2, -0.15) is 0 Å². The minimum Gasteiger partial charge on any atom is -0.352 e. The second-order valence-corrected chi connectivity index (χ2v) is 6.34. The number of nitrogens with two attached hydrogens (primary N) is 1. The molecule has 0 atom stereocenters. The summed E-state index contributed by atoms with van der Waals surface area (Å²) >= 11 is 1.34. The number of thiophene rings is 1. The molecule has 0 aliphatic carbocycles. The number of benzene rings is 1. The van der Waals surface area contributed by atoms with E-state index in [1.807, 2.05) is 12.1 Å². The highest BCUT2D eigenvalue weighted by atomic mass is 32.1. The van der Waals surface area contributed by atoms with Crippen molar-refractivity contribution in [1.82, 2.24) is 5.32 Å². The summed E-state index contributed by atoms with van der Waals surface area (Å²) in [6.07, 6.45) is 2.65. The van der Waals surface area contributed by atoms with Gasteiger partial charge < -0.3 is 16.4 Å². The van der Waals surface area contributed by atoms with Crippen LogP contribution in [-0.2, 0) is 6.42 Å². The SMILES string of the molecule is CCc1ccc(C(=O)Nc2sccc2C(=O)NCCCCN)cc1. The molecule has 0 saturated carbocycles. The predicted octanol–water partition coefficient (Wildman–Crippen LogP) is 3.03. The van der Waals surface area contributed by atoms with Gasteiger partial charge >= 0.3 is 0 Å². The molecule has 0 fully saturated rings. The number of carbonyl (C=O) groups excluding carboxylic acids is 2. The molecule has 6 heteroatoms. The normalized spacial score (nSPS) is 10.4. The Morgan fingerprint density at radius 3 is 2.50 bits per heavy atom. The highest BCUT2D eigenvalue weighted by molar-refractivity contribution is 7.14. The van der Waals surface area contributed by atoms with Gasteiger partial charge in [-0.15, -0.1) is 11.3 Å². The first-order chi connectivity index (χ1) is 11.7.